The zero-order valence-corrected chi connectivity index (χ0v) is 15.9. The first kappa shape index (κ1) is 18.6. The van der Waals surface area contributed by atoms with Crippen molar-refractivity contribution in [3.8, 4) is 0 Å². The van der Waals surface area contributed by atoms with Crippen LogP contribution >= 0.6 is 0 Å². The number of aromatic nitrogens is 2. The second-order valence-electron chi connectivity index (χ2n) is 6.78. The van der Waals surface area contributed by atoms with Crippen LogP contribution in [0.5, 0.6) is 0 Å². The molecule has 0 spiro atoms. The normalized spacial score (nSPS) is 13.6. The van der Waals surface area contributed by atoms with E-state index in [9.17, 15) is 9.59 Å². The van der Waals surface area contributed by atoms with Crippen LogP contribution in [0.2, 0.25) is 0 Å². The van der Waals surface area contributed by atoms with Gasteiger partial charge in [0, 0.05) is 50.3 Å². The van der Waals surface area contributed by atoms with Gasteiger partial charge in [-0.3, -0.25) is 14.7 Å². The summed E-state index contributed by atoms with van der Waals surface area (Å²) in [7, 11) is 0. The highest BCUT2D eigenvalue weighted by molar-refractivity contribution is 5.97. The topological polar surface area (TPSA) is 78.4 Å². The fraction of sp³-hybridized carbons (Fsp3) is 0.182. The second-order valence-corrected chi connectivity index (χ2v) is 6.78. The van der Waals surface area contributed by atoms with Crippen molar-refractivity contribution in [1.82, 2.24) is 20.2 Å². The van der Waals surface area contributed by atoms with Crippen LogP contribution in [0, 0.1) is 0 Å². The first-order valence-electron chi connectivity index (χ1n) is 9.44. The molecule has 1 N–H and O–H groups in total. The molecule has 0 saturated carbocycles. The fourth-order valence-electron chi connectivity index (χ4n) is 3.24. The van der Waals surface area contributed by atoms with Gasteiger partial charge in [0.05, 0.1) is 0 Å². The minimum absolute atomic E-state index is 0.115. The summed E-state index contributed by atoms with van der Waals surface area (Å²) >= 11 is 0. The molecule has 2 aromatic heterocycles. The molecule has 146 valence electrons. The van der Waals surface area contributed by atoms with Crippen LogP contribution in [-0.2, 0) is 13.1 Å². The minimum atomic E-state index is -0.196. The molecule has 1 aliphatic rings. The number of anilines is 1. The highest BCUT2D eigenvalue weighted by Crippen LogP contribution is 2.20. The third kappa shape index (κ3) is 4.40. The maximum Gasteiger partial charge on any atom is 0.326 e. The number of carbonyl (C=O) groups is 2. The van der Waals surface area contributed by atoms with Crippen molar-refractivity contribution in [2.75, 3.05) is 18.0 Å². The van der Waals surface area contributed by atoms with Crippen LogP contribution in [0.1, 0.15) is 21.5 Å². The lowest BCUT2D eigenvalue weighted by Crippen LogP contribution is -2.32. The van der Waals surface area contributed by atoms with Gasteiger partial charge in [-0.15, -0.1) is 0 Å². The monoisotopic (exact) mass is 387 g/mol. The number of hydrogen-bond donors (Lipinski definition) is 1. The summed E-state index contributed by atoms with van der Waals surface area (Å²) in [6.45, 7) is 2.11. The van der Waals surface area contributed by atoms with Crippen molar-refractivity contribution in [1.29, 1.82) is 0 Å². The Morgan fingerprint density at radius 3 is 2.55 bits per heavy atom. The first-order valence-corrected chi connectivity index (χ1v) is 9.44. The van der Waals surface area contributed by atoms with Gasteiger partial charge in [0.25, 0.3) is 5.91 Å². The van der Waals surface area contributed by atoms with E-state index in [1.54, 1.807) is 40.5 Å². The number of nitrogens with zero attached hydrogens (tertiary/aromatic N) is 4. The predicted molar refractivity (Wildman–Crippen MR) is 109 cm³/mol. The summed E-state index contributed by atoms with van der Waals surface area (Å²) in [5.74, 6) is 0.289. The molecule has 3 amide bonds. The van der Waals surface area contributed by atoms with Gasteiger partial charge >= 0.3 is 6.03 Å². The summed E-state index contributed by atoms with van der Waals surface area (Å²) in [5.41, 5.74) is 2.53. The van der Waals surface area contributed by atoms with Crippen LogP contribution in [0.3, 0.4) is 0 Å². The molecule has 4 rings (SSSR count). The molecule has 1 fully saturated rings. The van der Waals surface area contributed by atoms with Crippen LogP contribution in [0.25, 0.3) is 0 Å². The lowest BCUT2D eigenvalue weighted by Gasteiger charge is -2.18. The standard InChI is InChI=1S/C22H21N5O2/c28-21(25-15-17-4-2-1-3-5-17)19-8-11-24-20(14-19)27-13-12-26(22(27)29)16-18-6-9-23-10-7-18/h1-11,14H,12-13,15-16H2,(H,25,28). The first-order chi connectivity index (χ1) is 14.2. The van der Waals surface area contributed by atoms with Crippen molar-refractivity contribution in [2.45, 2.75) is 13.1 Å². The third-order valence-corrected chi connectivity index (χ3v) is 4.80. The molecule has 3 aromatic rings. The van der Waals surface area contributed by atoms with Crippen molar-refractivity contribution < 1.29 is 9.59 Å². The summed E-state index contributed by atoms with van der Waals surface area (Å²) in [4.78, 5) is 37.0. The molecule has 0 aliphatic carbocycles. The van der Waals surface area contributed by atoms with Crippen molar-refractivity contribution in [2.24, 2.45) is 0 Å². The van der Waals surface area contributed by atoms with Crippen molar-refractivity contribution >= 4 is 17.8 Å². The average Bonchev–Trinajstić information content (AvgIpc) is 3.13. The van der Waals surface area contributed by atoms with Gasteiger partial charge in [0.1, 0.15) is 5.82 Å². The zero-order valence-electron chi connectivity index (χ0n) is 15.9. The highest BCUT2D eigenvalue weighted by Gasteiger charge is 2.30. The molecular formula is C22H21N5O2. The number of pyridine rings is 2. The molecule has 0 atom stereocenters. The maximum atomic E-state index is 12.8. The SMILES string of the molecule is O=C(NCc1ccccc1)c1ccnc(N2CCN(Cc3ccncc3)C2=O)c1. The van der Waals surface area contributed by atoms with Gasteiger partial charge in [-0.1, -0.05) is 30.3 Å². The Morgan fingerprint density at radius 2 is 1.76 bits per heavy atom. The van der Waals surface area contributed by atoms with E-state index in [4.69, 9.17) is 0 Å². The average molecular weight is 387 g/mol. The van der Waals surface area contributed by atoms with Gasteiger partial charge in [0.15, 0.2) is 0 Å². The number of nitrogens with one attached hydrogen (secondary N) is 1. The van der Waals surface area contributed by atoms with E-state index in [0.717, 1.165) is 11.1 Å². The van der Waals surface area contributed by atoms with Crippen LogP contribution in [-0.4, -0.2) is 39.9 Å². The fourth-order valence-corrected chi connectivity index (χ4v) is 3.24. The smallest absolute Gasteiger partial charge is 0.326 e. The van der Waals surface area contributed by atoms with Crippen LogP contribution in [0.4, 0.5) is 10.6 Å². The highest BCUT2D eigenvalue weighted by atomic mass is 16.2. The van der Waals surface area contributed by atoms with Gasteiger partial charge < -0.3 is 10.2 Å². The number of carbonyl (C=O) groups excluding carboxylic acids is 2. The Morgan fingerprint density at radius 1 is 0.966 bits per heavy atom. The Kier molecular flexibility index (Phi) is 5.47. The molecule has 7 heteroatoms. The molecule has 0 bridgehead atoms. The van der Waals surface area contributed by atoms with E-state index in [1.807, 2.05) is 42.5 Å². The van der Waals surface area contributed by atoms with Gasteiger partial charge in [-0.25, -0.2) is 9.78 Å². The van der Waals surface area contributed by atoms with Gasteiger partial charge in [-0.2, -0.15) is 0 Å². The van der Waals surface area contributed by atoms with E-state index in [2.05, 4.69) is 15.3 Å². The molecule has 1 aliphatic heterocycles. The van der Waals surface area contributed by atoms with E-state index < -0.39 is 0 Å². The van der Waals surface area contributed by atoms with Crippen LogP contribution in [0.15, 0.2) is 73.2 Å². The zero-order chi connectivity index (χ0) is 20.1. The van der Waals surface area contributed by atoms with Gasteiger partial charge in [-0.05, 0) is 35.4 Å². The quantitative estimate of drug-likeness (QED) is 0.705. The van der Waals surface area contributed by atoms with Crippen molar-refractivity contribution in [3.63, 3.8) is 0 Å². The molecule has 7 nitrogen and oxygen atoms in total. The Hall–Kier alpha value is -3.74. The summed E-state index contributed by atoms with van der Waals surface area (Å²) in [5, 5.41) is 2.90. The van der Waals surface area contributed by atoms with E-state index in [0.29, 0.717) is 37.6 Å². The predicted octanol–water partition coefficient (Wildman–Crippen LogP) is 2.85. The lowest BCUT2D eigenvalue weighted by atomic mass is 10.2. The number of amides is 3. The summed E-state index contributed by atoms with van der Waals surface area (Å²) in [6.07, 6.45) is 4.99. The lowest BCUT2D eigenvalue weighted by molar-refractivity contribution is 0.0950. The van der Waals surface area contributed by atoms with Gasteiger partial charge in [0.2, 0.25) is 0 Å². The largest absolute Gasteiger partial charge is 0.348 e. The Balaban J connectivity index is 1.41. The Labute approximate surface area is 169 Å². The number of rotatable bonds is 6. The third-order valence-electron chi connectivity index (χ3n) is 4.80. The number of benzene rings is 1. The minimum Gasteiger partial charge on any atom is -0.348 e. The van der Waals surface area contributed by atoms with E-state index >= 15 is 0 Å². The Bertz CT molecular complexity index is 994. The van der Waals surface area contributed by atoms with Crippen molar-refractivity contribution in [3.05, 3.63) is 89.9 Å². The molecule has 0 unspecified atom stereocenters. The summed E-state index contributed by atoms with van der Waals surface area (Å²) in [6, 6.07) is 16.7. The molecule has 0 radical (unpaired) electrons. The summed E-state index contributed by atoms with van der Waals surface area (Å²) < 4.78 is 0. The molecule has 1 saturated heterocycles. The molecule has 1 aromatic carbocycles. The molecular weight excluding hydrogens is 366 g/mol. The molecule has 29 heavy (non-hydrogen) atoms. The van der Waals surface area contributed by atoms with E-state index in [-0.39, 0.29) is 11.9 Å². The number of urea groups is 1. The second kappa shape index (κ2) is 8.52. The van der Waals surface area contributed by atoms with E-state index in [1.165, 1.54) is 0 Å². The molecule has 3 heterocycles. The van der Waals surface area contributed by atoms with Crippen LogP contribution < -0.4 is 10.2 Å². The number of hydrogen-bond acceptors (Lipinski definition) is 4. The maximum absolute atomic E-state index is 12.8.